The van der Waals surface area contributed by atoms with Crippen molar-refractivity contribution in [2.24, 2.45) is 0 Å². The van der Waals surface area contributed by atoms with Gasteiger partial charge in [-0.25, -0.2) is 9.97 Å². The standard InChI is InChI=1S/C29H19ClN4O3S.C4H10O/c1-16-13-22-27(25(21(16)15-24(35)36)17-4-6-20(30)7-5-17)38-28(33-22)19-8-11-31-23(14-19)34-12-9-18-3-2-10-32-26(18)29(34)37;1-4(2,3)5/h2-14H,15H2,1H3,(H,35,36);5H,1-3H3. The Morgan fingerprint density at radius 1 is 1.00 bits per heavy atom. The van der Waals surface area contributed by atoms with E-state index in [1.54, 1.807) is 57.6 Å². The number of carboxylic acid groups (broad SMARTS) is 1. The summed E-state index contributed by atoms with van der Waals surface area (Å²) in [7, 11) is 0. The second-order valence-electron chi connectivity index (χ2n) is 11.0. The summed E-state index contributed by atoms with van der Waals surface area (Å²) in [5.41, 5.74) is 4.50. The number of hydrogen-bond acceptors (Lipinski definition) is 7. The summed E-state index contributed by atoms with van der Waals surface area (Å²) in [6.45, 7) is 7.13. The zero-order chi connectivity index (χ0) is 30.9. The number of pyridine rings is 3. The second kappa shape index (κ2) is 12.0. The minimum absolute atomic E-state index is 0.106. The molecule has 0 bridgehead atoms. The van der Waals surface area contributed by atoms with Crippen molar-refractivity contribution in [3.63, 3.8) is 0 Å². The lowest BCUT2D eigenvalue weighted by Crippen LogP contribution is -2.19. The van der Waals surface area contributed by atoms with Gasteiger partial charge in [0, 0.05) is 40.1 Å². The highest BCUT2D eigenvalue weighted by atomic mass is 35.5. The Morgan fingerprint density at radius 3 is 2.42 bits per heavy atom. The van der Waals surface area contributed by atoms with Crippen LogP contribution in [0.2, 0.25) is 5.02 Å². The first kappa shape index (κ1) is 30.0. The maximum Gasteiger partial charge on any atom is 0.307 e. The SMILES string of the molecule is CC(C)(C)O.Cc1cc2nc(-c3ccnc(-n4ccc5cccnc5c4=O)c3)sc2c(-c2ccc(Cl)cc2)c1CC(=O)O. The van der Waals surface area contributed by atoms with Gasteiger partial charge in [-0.3, -0.25) is 19.1 Å². The number of aliphatic carboxylic acids is 1. The smallest absolute Gasteiger partial charge is 0.307 e. The lowest BCUT2D eigenvalue weighted by atomic mass is 9.93. The van der Waals surface area contributed by atoms with Crippen molar-refractivity contribution in [2.45, 2.75) is 39.7 Å². The molecule has 0 aliphatic heterocycles. The first-order valence-corrected chi connectivity index (χ1v) is 14.6. The van der Waals surface area contributed by atoms with E-state index >= 15 is 0 Å². The van der Waals surface area contributed by atoms with Crippen LogP contribution in [0.25, 0.3) is 48.6 Å². The Hall–Kier alpha value is -4.44. The molecule has 0 unspecified atom stereocenters. The number of halogens is 1. The summed E-state index contributed by atoms with van der Waals surface area (Å²) < 4.78 is 2.36. The highest BCUT2D eigenvalue weighted by molar-refractivity contribution is 7.22. The molecule has 0 spiro atoms. The number of rotatable bonds is 5. The fourth-order valence-electron chi connectivity index (χ4n) is 4.59. The number of aryl methyl sites for hydroxylation is 1. The maximum atomic E-state index is 13.1. The Bertz CT molecular complexity index is 2020. The first-order valence-electron chi connectivity index (χ1n) is 13.5. The average Bonchev–Trinajstić information content (AvgIpc) is 3.37. The molecule has 43 heavy (non-hydrogen) atoms. The summed E-state index contributed by atoms with van der Waals surface area (Å²) in [5.74, 6) is -0.443. The van der Waals surface area contributed by atoms with Crippen LogP contribution in [0.4, 0.5) is 0 Å². The number of thiazole rings is 1. The highest BCUT2D eigenvalue weighted by Crippen LogP contribution is 2.41. The predicted molar refractivity (Wildman–Crippen MR) is 172 cm³/mol. The molecule has 0 saturated heterocycles. The van der Waals surface area contributed by atoms with Gasteiger partial charge in [0.2, 0.25) is 0 Å². The van der Waals surface area contributed by atoms with Gasteiger partial charge in [-0.05, 0) is 86.8 Å². The molecule has 0 fully saturated rings. The Labute approximate surface area is 256 Å². The third kappa shape index (κ3) is 6.80. The normalized spacial score (nSPS) is 11.4. The molecular formula is C33H29ClN4O4S. The van der Waals surface area contributed by atoms with Crippen LogP contribution in [0.3, 0.4) is 0 Å². The Balaban J connectivity index is 0.000000682. The molecule has 0 saturated carbocycles. The van der Waals surface area contributed by atoms with Gasteiger partial charge in [0.25, 0.3) is 5.56 Å². The molecule has 8 nitrogen and oxygen atoms in total. The number of hydrogen-bond donors (Lipinski definition) is 2. The molecule has 2 aromatic carbocycles. The van der Waals surface area contributed by atoms with Crippen LogP contribution in [0, 0.1) is 6.92 Å². The third-order valence-electron chi connectivity index (χ3n) is 6.38. The Morgan fingerprint density at radius 2 is 1.72 bits per heavy atom. The molecule has 10 heteroatoms. The van der Waals surface area contributed by atoms with Crippen molar-refractivity contribution >= 4 is 50.0 Å². The number of aromatic nitrogens is 4. The molecule has 6 rings (SSSR count). The van der Waals surface area contributed by atoms with Crippen molar-refractivity contribution in [3.8, 4) is 27.5 Å². The lowest BCUT2D eigenvalue weighted by Gasteiger charge is -2.13. The summed E-state index contributed by atoms with van der Waals surface area (Å²) in [4.78, 5) is 38.4. The maximum absolute atomic E-state index is 13.1. The monoisotopic (exact) mass is 612 g/mol. The van der Waals surface area contributed by atoms with E-state index in [2.05, 4.69) is 9.97 Å². The van der Waals surface area contributed by atoms with E-state index in [0.717, 1.165) is 48.4 Å². The van der Waals surface area contributed by atoms with Gasteiger partial charge in [0.05, 0.1) is 22.2 Å². The van der Waals surface area contributed by atoms with Crippen LogP contribution in [0.1, 0.15) is 31.9 Å². The van der Waals surface area contributed by atoms with E-state index in [1.807, 2.05) is 49.4 Å². The van der Waals surface area contributed by atoms with Crippen molar-refractivity contribution in [1.82, 2.24) is 19.5 Å². The number of aliphatic hydroxyl groups is 1. The summed E-state index contributed by atoms with van der Waals surface area (Å²) in [5, 5.41) is 20.2. The molecule has 0 amide bonds. The molecular weight excluding hydrogens is 584 g/mol. The van der Waals surface area contributed by atoms with E-state index in [0.29, 0.717) is 16.4 Å². The molecule has 0 atom stereocenters. The summed E-state index contributed by atoms with van der Waals surface area (Å²) in [6, 6.07) is 18.4. The van der Waals surface area contributed by atoms with E-state index in [4.69, 9.17) is 21.7 Å². The summed E-state index contributed by atoms with van der Waals surface area (Å²) in [6.07, 6.45) is 4.83. The quantitative estimate of drug-likeness (QED) is 0.213. The van der Waals surface area contributed by atoms with Gasteiger partial charge in [0.15, 0.2) is 0 Å². The topological polar surface area (TPSA) is 118 Å². The van der Waals surface area contributed by atoms with Gasteiger partial charge in [-0.15, -0.1) is 11.3 Å². The summed E-state index contributed by atoms with van der Waals surface area (Å²) >= 11 is 7.60. The van der Waals surface area contributed by atoms with Crippen LogP contribution < -0.4 is 5.56 Å². The average molecular weight is 613 g/mol. The Kier molecular flexibility index (Phi) is 8.41. The minimum atomic E-state index is -0.901. The van der Waals surface area contributed by atoms with Crippen molar-refractivity contribution < 1.29 is 15.0 Å². The van der Waals surface area contributed by atoms with E-state index in [1.165, 1.54) is 15.9 Å². The molecule has 218 valence electrons. The highest BCUT2D eigenvalue weighted by Gasteiger charge is 2.20. The van der Waals surface area contributed by atoms with Crippen molar-refractivity contribution in [2.75, 3.05) is 0 Å². The van der Waals surface area contributed by atoms with Gasteiger partial charge in [-0.1, -0.05) is 29.8 Å². The van der Waals surface area contributed by atoms with Crippen molar-refractivity contribution in [1.29, 1.82) is 0 Å². The fraction of sp³-hybridized carbons (Fsp3) is 0.182. The van der Waals surface area contributed by atoms with Crippen LogP contribution in [0.15, 0.2) is 84.0 Å². The van der Waals surface area contributed by atoms with Crippen LogP contribution in [0.5, 0.6) is 0 Å². The fourth-order valence-corrected chi connectivity index (χ4v) is 5.85. The van der Waals surface area contributed by atoms with Crippen LogP contribution in [-0.4, -0.2) is 41.3 Å². The molecule has 0 aliphatic carbocycles. The molecule has 6 aromatic rings. The number of fused-ring (bicyclic) bond motifs is 2. The zero-order valence-corrected chi connectivity index (χ0v) is 25.6. The van der Waals surface area contributed by atoms with E-state index < -0.39 is 11.6 Å². The van der Waals surface area contributed by atoms with E-state index in [9.17, 15) is 14.7 Å². The van der Waals surface area contributed by atoms with Gasteiger partial charge in [-0.2, -0.15) is 0 Å². The number of carboxylic acids is 1. The number of carbonyl (C=O) groups is 1. The largest absolute Gasteiger partial charge is 0.481 e. The van der Waals surface area contributed by atoms with Gasteiger partial charge < -0.3 is 10.2 Å². The van der Waals surface area contributed by atoms with Gasteiger partial charge >= 0.3 is 5.97 Å². The molecule has 4 aromatic heterocycles. The van der Waals surface area contributed by atoms with Gasteiger partial charge in [0.1, 0.15) is 16.3 Å². The first-order chi connectivity index (χ1) is 20.4. The van der Waals surface area contributed by atoms with E-state index in [-0.39, 0.29) is 12.0 Å². The van der Waals surface area contributed by atoms with Crippen molar-refractivity contribution in [3.05, 3.63) is 106 Å². The van der Waals surface area contributed by atoms with Crippen LogP contribution >= 0.6 is 22.9 Å². The molecule has 2 N–H and O–H groups in total. The lowest BCUT2D eigenvalue weighted by molar-refractivity contribution is -0.136. The molecule has 4 heterocycles. The van der Waals surface area contributed by atoms with Crippen LogP contribution in [-0.2, 0) is 11.2 Å². The number of nitrogens with zero attached hydrogens (tertiary/aromatic N) is 4. The third-order valence-corrected chi connectivity index (χ3v) is 7.76. The molecule has 0 aliphatic rings. The number of benzene rings is 2. The second-order valence-corrected chi connectivity index (χ2v) is 12.4. The zero-order valence-electron chi connectivity index (χ0n) is 24.0. The predicted octanol–water partition coefficient (Wildman–Crippen LogP) is 7.09. The molecule has 0 radical (unpaired) electrons. The minimum Gasteiger partial charge on any atom is -0.481 e.